The summed E-state index contributed by atoms with van der Waals surface area (Å²) in [5.74, 6) is 2.02. The second-order valence-corrected chi connectivity index (χ2v) is 6.89. The molecular weight excluding hydrogens is 320 g/mol. The van der Waals surface area contributed by atoms with Crippen LogP contribution in [0.1, 0.15) is 36.3 Å². The van der Waals surface area contributed by atoms with E-state index in [1.165, 1.54) is 0 Å². The molecule has 0 unspecified atom stereocenters. The Bertz CT molecular complexity index is 645. The molecule has 1 N–H and O–H groups in total. The van der Waals surface area contributed by atoms with Crippen molar-refractivity contribution < 1.29 is 0 Å². The minimum atomic E-state index is 0.782. The highest BCUT2D eigenvalue weighted by Gasteiger charge is 2.08. The minimum Gasteiger partial charge on any atom is -0.357 e. The largest absolute Gasteiger partial charge is 0.357 e. The van der Waals surface area contributed by atoms with E-state index in [4.69, 9.17) is 4.99 Å². The molecule has 2 aromatic rings. The zero-order valence-corrected chi connectivity index (χ0v) is 15.9. The highest BCUT2D eigenvalue weighted by Crippen LogP contribution is 2.10. The van der Waals surface area contributed by atoms with Crippen LogP contribution < -0.4 is 5.32 Å². The monoisotopic (exact) mass is 348 g/mol. The number of nitrogens with zero attached hydrogens (tertiary/aromatic N) is 5. The number of rotatable bonds is 8. The molecule has 2 rings (SSSR count). The SMILES string of the molecule is CCNC(=NCCCCn1ccnc1C)N(C)Cc1csc(C)n1. The first-order valence-corrected chi connectivity index (χ1v) is 9.36. The predicted octanol–water partition coefficient (Wildman–Crippen LogP) is 2.83. The highest BCUT2D eigenvalue weighted by molar-refractivity contribution is 7.09. The van der Waals surface area contributed by atoms with Crippen molar-refractivity contribution in [2.45, 2.75) is 46.7 Å². The van der Waals surface area contributed by atoms with Gasteiger partial charge in [0.2, 0.25) is 0 Å². The summed E-state index contributed by atoms with van der Waals surface area (Å²) < 4.78 is 2.19. The highest BCUT2D eigenvalue weighted by atomic mass is 32.1. The van der Waals surface area contributed by atoms with Gasteiger partial charge < -0.3 is 14.8 Å². The van der Waals surface area contributed by atoms with E-state index in [2.05, 4.69) is 44.1 Å². The summed E-state index contributed by atoms with van der Waals surface area (Å²) in [5.41, 5.74) is 1.10. The Labute approximate surface area is 148 Å². The molecule has 24 heavy (non-hydrogen) atoms. The molecule has 0 radical (unpaired) electrons. The van der Waals surface area contributed by atoms with Gasteiger partial charge in [-0.2, -0.15) is 0 Å². The van der Waals surface area contributed by atoms with E-state index in [0.717, 1.165) is 61.5 Å². The number of imidazole rings is 1. The number of aliphatic imine (C=N–C) groups is 1. The number of thiazole rings is 1. The summed E-state index contributed by atoms with van der Waals surface area (Å²) >= 11 is 1.69. The Kier molecular flexibility index (Phi) is 7.24. The van der Waals surface area contributed by atoms with Crippen LogP contribution in [0.25, 0.3) is 0 Å². The lowest BCUT2D eigenvalue weighted by atomic mass is 10.3. The molecule has 7 heteroatoms. The molecular formula is C17H28N6S. The molecule has 0 aliphatic carbocycles. The van der Waals surface area contributed by atoms with Crippen LogP contribution in [0.4, 0.5) is 0 Å². The first kappa shape index (κ1) is 18.4. The second kappa shape index (κ2) is 9.42. The molecule has 0 saturated heterocycles. The van der Waals surface area contributed by atoms with Crippen LogP contribution in [0.15, 0.2) is 22.8 Å². The molecule has 0 aliphatic rings. The van der Waals surface area contributed by atoms with Crippen LogP contribution in [0.5, 0.6) is 0 Å². The number of aryl methyl sites for hydroxylation is 3. The maximum Gasteiger partial charge on any atom is 0.194 e. The zero-order valence-electron chi connectivity index (χ0n) is 15.1. The summed E-state index contributed by atoms with van der Waals surface area (Å²) in [5, 5.41) is 6.58. The van der Waals surface area contributed by atoms with E-state index in [9.17, 15) is 0 Å². The molecule has 2 heterocycles. The summed E-state index contributed by atoms with van der Waals surface area (Å²) in [6, 6.07) is 0. The summed E-state index contributed by atoms with van der Waals surface area (Å²) in [7, 11) is 2.06. The first-order chi connectivity index (χ1) is 11.6. The fourth-order valence-electron chi connectivity index (χ4n) is 2.49. The molecule has 0 amide bonds. The number of guanidine groups is 1. The van der Waals surface area contributed by atoms with E-state index < -0.39 is 0 Å². The van der Waals surface area contributed by atoms with E-state index in [-0.39, 0.29) is 0 Å². The summed E-state index contributed by atoms with van der Waals surface area (Å²) in [4.78, 5) is 15.6. The van der Waals surface area contributed by atoms with Gasteiger partial charge in [-0.25, -0.2) is 9.97 Å². The van der Waals surface area contributed by atoms with Crippen LogP contribution in [-0.4, -0.2) is 45.5 Å². The normalized spacial score (nSPS) is 11.8. The van der Waals surface area contributed by atoms with Crippen molar-refractivity contribution in [1.29, 1.82) is 0 Å². The number of hydrogen-bond donors (Lipinski definition) is 1. The van der Waals surface area contributed by atoms with Gasteiger partial charge in [0, 0.05) is 44.5 Å². The molecule has 0 fully saturated rings. The predicted molar refractivity (Wildman–Crippen MR) is 100 cm³/mol. The van der Waals surface area contributed by atoms with Gasteiger partial charge in [-0.15, -0.1) is 11.3 Å². The Morgan fingerprint density at radius 1 is 1.38 bits per heavy atom. The quantitative estimate of drug-likeness (QED) is 0.453. The lowest BCUT2D eigenvalue weighted by Crippen LogP contribution is -2.38. The lowest BCUT2D eigenvalue weighted by Gasteiger charge is -2.21. The van der Waals surface area contributed by atoms with Crippen molar-refractivity contribution in [2.24, 2.45) is 4.99 Å². The Morgan fingerprint density at radius 3 is 2.83 bits per heavy atom. The van der Waals surface area contributed by atoms with Crippen LogP contribution in [0.2, 0.25) is 0 Å². The number of aromatic nitrogens is 3. The molecule has 0 bridgehead atoms. The van der Waals surface area contributed by atoms with Gasteiger partial charge in [-0.05, 0) is 33.6 Å². The Hall–Kier alpha value is -1.89. The number of nitrogens with one attached hydrogen (secondary N) is 1. The molecule has 0 aromatic carbocycles. The van der Waals surface area contributed by atoms with Crippen molar-refractivity contribution >= 4 is 17.3 Å². The topological polar surface area (TPSA) is 58.3 Å². The van der Waals surface area contributed by atoms with Crippen molar-refractivity contribution in [1.82, 2.24) is 24.8 Å². The summed E-state index contributed by atoms with van der Waals surface area (Å²) in [6.45, 7) is 9.66. The standard InChI is InChI=1S/C17H28N6S/c1-5-18-17(22(4)12-16-13-24-15(3)21-16)20-8-6-7-10-23-11-9-19-14(23)2/h9,11,13H,5-8,10,12H2,1-4H3,(H,18,20). The average Bonchev–Trinajstić information content (AvgIpc) is 3.14. The fourth-order valence-corrected chi connectivity index (χ4v) is 3.09. The van der Waals surface area contributed by atoms with Crippen molar-refractivity contribution in [3.8, 4) is 0 Å². The van der Waals surface area contributed by atoms with Gasteiger partial charge in [0.1, 0.15) is 5.82 Å². The fraction of sp³-hybridized carbons (Fsp3) is 0.588. The third-order valence-corrected chi connectivity index (χ3v) is 4.58. The number of hydrogen-bond acceptors (Lipinski definition) is 4. The minimum absolute atomic E-state index is 0.782. The van der Waals surface area contributed by atoms with Crippen molar-refractivity contribution in [3.63, 3.8) is 0 Å². The third kappa shape index (κ3) is 5.63. The Balaban J connectivity index is 1.79. The molecule has 0 spiro atoms. The Morgan fingerprint density at radius 2 is 2.21 bits per heavy atom. The molecule has 0 aliphatic heterocycles. The van der Waals surface area contributed by atoms with Gasteiger partial charge in [-0.3, -0.25) is 4.99 Å². The molecule has 0 saturated carbocycles. The molecule has 6 nitrogen and oxygen atoms in total. The second-order valence-electron chi connectivity index (χ2n) is 5.82. The summed E-state index contributed by atoms with van der Waals surface area (Å²) in [6.07, 6.45) is 6.06. The first-order valence-electron chi connectivity index (χ1n) is 8.48. The van der Waals surface area contributed by atoms with E-state index >= 15 is 0 Å². The maximum absolute atomic E-state index is 4.74. The maximum atomic E-state index is 4.74. The van der Waals surface area contributed by atoms with Gasteiger partial charge >= 0.3 is 0 Å². The van der Waals surface area contributed by atoms with Gasteiger partial charge in [0.05, 0.1) is 17.2 Å². The van der Waals surface area contributed by atoms with Crippen molar-refractivity contribution in [2.75, 3.05) is 20.1 Å². The van der Waals surface area contributed by atoms with E-state index in [1.807, 2.05) is 26.2 Å². The van der Waals surface area contributed by atoms with Crippen LogP contribution >= 0.6 is 11.3 Å². The molecule has 2 aromatic heterocycles. The molecule has 0 atom stereocenters. The van der Waals surface area contributed by atoms with E-state index in [1.54, 1.807) is 11.3 Å². The van der Waals surface area contributed by atoms with Crippen molar-refractivity contribution in [3.05, 3.63) is 34.3 Å². The van der Waals surface area contributed by atoms with E-state index in [0.29, 0.717) is 0 Å². The molecule has 132 valence electrons. The third-order valence-electron chi connectivity index (χ3n) is 3.75. The van der Waals surface area contributed by atoms with Gasteiger partial charge in [-0.1, -0.05) is 0 Å². The lowest BCUT2D eigenvalue weighted by molar-refractivity contribution is 0.469. The van der Waals surface area contributed by atoms with Crippen LogP contribution in [-0.2, 0) is 13.1 Å². The van der Waals surface area contributed by atoms with Gasteiger partial charge in [0.15, 0.2) is 5.96 Å². The van der Waals surface area contributed by atoms with Crippen LogP contribution in [0.3, 0.4) is 0 Å². The smallest absolute Gasteiger partial charge is 0.194 e. The van der Waals surface area contributed by atoms with Gasteiger partial charge in [0.25, 0.3) is 0 Å². The number of unbranched alkanes of at least 4 members (excludes halogenated alkanes) is 1. The zero-order chi connectivity index (χ0) is 17.4. The average molecular weight is 349 g/mol. The van der Waals surface area contributed by atoms with Crippen LogP contribution in [0, 0.1) is 13.8 Å².